The number of carbonyl (C=O) groups excluding carboxylic acids is 1. The van der Waals surface area contributed by atoms with E-state index >= 15 is 0 Å². The van der Waals surface area contributed by atoms with Gasteiger partial charge < -0.3 is 5.32 Å². The molecule has 4 rings (SSSR count). The van der Waals surface area contributed by atoms with E-state index in [-0.39, 0.29) is 12.3 Å². The van der Waals surface area contributed by atoms with Crippen molar-refractivity contribution in [3.63, 3.8) is 0 Å². The van der Waals surface area contributed by atoms with Crippen molar-refractivity contribution < 1.29 is 4.79 Å². The highest BCUT2D eigenvalue weighted by atomic mass is 32.2. The molecule has 1 amide bonds. The molecule has 0 bridgehead atoms. The van der Waals surface area contributed by atoms with Crippen LogP contribution < -0.4 is 5.32 Å². The quantitative estimate of drug-likeness (QED) is 0.525. The van der Waals surface area contributed by atoms with E-state index in [1.54, 1.807) is 15.4 Å². The molecule has 0 saturated heterocycles. The van der Waals surface area contributed by atoms with Crippen molar-refractivity contribution in [2.45, 2.75) is 25.4 Å². The fraction of sp³-hybridized carbons (Fsp3) is 0.211. The first kappa shape index (κ1) is 18.2. The molecule has 0 unspecified atom stereocenters. The SMILES string of the molecule is CSc1nc2nc(C)c(CC(=O)Nc3cccc(-n4cccn4)c3)c(C)n2n1. The highest BCUT2D eigenvalue weighted by molar-refractivity contribution is 7.98. The maximum atomic E-state index is 12.7. The number of carbonyl (C=O) groups is 1. The number of hydrogen-bond donors (Lipinski definition) is 1. The van der Waals surface area contributed by atoms with E-state index in [0.717, 1.165) is 22.6 Å². The minimum atomic E-state index is -0.116. The molecule has 4 aromatic rings. The first-order valence-corrected chi connectivity index (χ1v) is 9.94. The molecule has 3 heterocycles. The van der Waals surface area contributed by atoms with Crippen LogP contribution in [0.1, 0.15) is 17.0 Å². The minimum Gasteiger partial charge on any atom is -0.326 e. The molecule has 9 heteroatoms. The third-order valence-corrected chi connectivity index (χ3v) is 4.99. The maximum Gasteiger partial charge on any atom is 0.253 e. The van der Waals surface area contributed by atoms with E-state index in [1.165, 1.54) is 11.8 Å². The Morgan fingerprint density at radius 1 is 1.21 bits per heavy atom. The summed E-state index contributed by atoms with van der Waals surface area (Å²) in [4.78, 5) is 21.5. The van der Waals surface area contributed by atoms with Crippen molar-refractivity contribution >= 4 is 29.1 Å². The fourth-order valence-electron chi connectivity index (χ4n) is 3.05. The fourth-order valence-corrected chi connectivity index (χ4v) is 3.38. The lowest BCUT2D eigenvalue weighted by atomic mass is 10.1. The summed E-state index contributed by atoms with van der Waals surface area (Å²) >= 11 is 1.46. The number of aryl methyl sites for hydroxylation is 2. The van der Waals surface area contributed by atoms with Crippen molar-refractivity contribution in [2.75, 3.05) is 11.6 Å². The smallest absolute Gasteiger partial charge is 0.253 e. The number of rotatable bonds is 5. The van der Waals surface area contributed by atoms with Crippen LogP contribution in [0.5, 0.6) is 0 Å². The Hall–Kier alpha value is -3.20. The van der Waals surface area contributed by atoms with Crippen molar-refractivity contribution in [1.82, 2.24) is 29.4 Å². The second-order valence-electron chi connectivity index (χ2n) is 6.30. The van der Waals surface area contributed by atoms with Gasteiger partial charge in [0.2, 0.25) is 11.1 Å². The van der Waals surface area contributed by atoms with Gasteiger partial charge in [0, 0.05) is 35.0 Å². The predicted octanol–water partition coefficient (Wildman–Crippen LogP) is 2.83. The van der Waals surface area contributed by atoms with Crippen LogP contribution in [0.3, 0.4) is 0 Å². The molecule has 142 valence electrons. The predicted molar refractivity (Wildman–Crippen MR) is 108 cm³/mol. The molecule has 3 aromatic heterocycles. The van der Waals surface area contributed by atoms with Crippen LogP contribution in [-0.4, -0.2) is 41.5 Å². The molecule has 0 spiro atoms. The van der Waals surface area contributed by atoms with Gasteiger partial charge in [-0.2, -0.15) is 10.1 Å². The minimum absolute atomic E-state index is 0.116. The monoisotopic (exact) mass is 393 g/mol. The standard InChI is InChI=1S/C19H19N7OS/c1-12-16(13(2)26-18(21-12)23-19(24-26)28-3)11-17(27)22-14-6-4-7-15(10-14)25-9-5-8-20-25/h4-10H,11H2,1-3H3,(H,22,27). The Balaban J connectivity index is 1.56. The summed E-state index contributed by atoms with van der Waals surface area (Å²) in [7, 11) is 0. The van der Waals surface area contributed by atoms with Gasteiger partial charge in [-0.25, -0.2) is 14.2 Å². The highest BCUT2D eigenvalue weighted by Gasteiger charge is 2.16. The number of thioether (sulfide) groups is 1. The summed E-state index contributed by atoms with van der Waals surface area (Å²) in [5.41, 5.74) is 4.10. The molecule has 0 aliphatic carbocycles. The van der Waals surface area contributed by atoms with Crippen LogP contribution in [0, 0.1) is 13.8 Å². The van der Waals surface area contributed by atoms with Crippen molar-refractivity contribution in [1.29, 1.82) is 0 Å². The zero-order valence-electron chi connectivity index (χ0n) is 15.7. The van der Waals surface area contributed by atoms with Crippen LogP contribution in [-0.2, 0) is 11.2 Å². The van der Waals surface area contributed by atoms with Gasteiger partial charge >= 0.3 is 0 Å². The summed E-state index contributed by atoms with van der Waals surface area (Å²) in [5, 5.41) is 12.3. The van der Waals surface area contributed by atoms with Crippen LogP contribution in [0.4, 0.5) is 5.69 Å². The Labute approximate surface area is 166 Å². The summed E-state index contributed by atoms with van der Waals surface area (Å²) in [5.74, 6) is 0.436. The molecule has 1 N–H and O–H groups in total. The average Bonchev–Trinajstić information content (AvgIpc) is 3.35. The molecule has 0 aliphatic heterocycles. The normalized spacial score (nSPS) is 11.1. The van der Waals surface area contributed by atoms with Gasteiger partial charge in [0.15, 0.2) is 0 Å². The summed E-state index contributed by atoms with van der Waals surface area (Å²) in [6.45, 7) is 3.82. The number of nitrogens with zero attached hydrogens (tertiary/aromatic N) is 6. The van der Waals surface area contributed by atoms with E-state index in [2.05, 4.69) is 25.5 Å². The average molecular weight is 393 g/mol. The first-order valence-electron chi connectivity index (χ1n) is 8.72. The molecule has 0 saturated carbocycles. The number of nitrogens with one attached hydrogen (secondary N) is 1. The van der Waals surface area contributed by atoms with E-state index in [0.29, 0.717) is 16.6 Å². The lowest BCUT2D eigenvalue weighted by Gasteiger charge is -2.11. The van der Waals surface area contributed by atoms with Gasteiger partial charge in [-0.05, 0) is 44.4 Å². The van der Waals surface area contributed by atoms with Crippen LogP contribution >= 0.6 is 11.8 Å². The Bertz CT molecular complexity index is 1150. The lowest BCUT2D eigenvalue weighted by molar-refractivity contribution is -0.115. The van der Waals surface area contributed by atoms with E-state index in [9.17, 15) is 4.79 Å². The van der Waals surface area contributed by atoms with Crippen molar-refractivity contribution in [2.24, 2.45) is 0 Å². The molecule has 1 aromatic carbocycles. The molecule has 0 radical (unpaired) electrons. The van der Waals surface area contributed by atoms with E-state index in [1.807, 2.05) is 56.6 Å². The van der Waals surface area contributed by atoms with Gasteiger partial charge in [-0.1, -0.05) is 17.8 Å². The number of aromatic nitrogens is 6. The van der Waals surface area contributed by atoms with Crippen LogP contribution in [0.15, 0.2) is 47.9 Å². The molecule has 28 heavy (non-hydrogen) atoms. The Kier molecular flexibility index (Phi) is 4.82. The topological polar surface area (TPSA) is 90.0 Å². The first-order chi connectivity index (χ1) is 13.5. The number of fused-ring (bicyclic) bond motifs is 1. The zero-order chi connectivity index (χ0) is 19.7. The summed E-state index contributed by atoms with van der Waals surface area (Å²) < 4.78 is 3.44. The third-order valence-electron chi connectivity index (χ3n) is 4.45. The second-order valence-corrected chi connectivity index (χ2v) is 7.07. The van der Waals surface area contributed by atoms with Crippen LogP contribution in [0.25, 0.3) is 11.5 Å². The van der Waals surface area contributed by atoms with Crippen molar-refractivity contribution in [3.05, 3.63) is 59.7 Å². The summed E-state index contributed by atoms with van der Waals surface area (Å²) in [6, 6.07) is 9.41. The maximum absolute atomic E-state index is 12.7. The zero-order valence-corrected chi connectivity index (χ0v) is 16.6. The van der Waals surface area contributed by atoms with Crippen LogP contribution in [0.2, 0.25) is 0 Å². The summed E-state index contributed by atoms with van der Waals surface area (Å²) in [6.07, 6.45) is 5.70. The van der Waals surface area contributed by atoms with Gasteiger partial charge in [-0.15, -0.1) is 5.10 Å². The number of anilines is 1. The lowest BCUT2D eigenvalue weighted by Crippen LogP contribution is -2.18. The van der Waals surface area contributed by atoms with E-state index in [4.69, 9.17) is 0 Å². The molecular formula is C19H19N7OS. The van der Waals surface area contributed by atoms with Gasteiger partial charge in [0.05, 0.1) is 12.1 Å². The largest absolute Gasteiger partial charge is 0.326 e. The second kappa shape index (κ2) is 7.43. The Morgan fingerprint density at radius 3 is 2.82 bits per heavy atom. The third kappa shape index (κ3) is 3.48. The number of hydrogen-bond acceptors (Lipinski definition) is 6. The highest BCUT2D eigenvalue weighted by Crippen LogP contribution is 2.19. The van der Waals surface area contributed by atoms with Gasteiger partial charge in [-0.3, -0.25) is 4.79 Å². The van der Waals surface area contributed by atoms with Crippen molar-refractivity contribution in [3.8, 4) is 5.69 Å². The molecule has 0 atom stereocenters. The molecular weight excluding hydrogens is 374 g/mol. The Morgan fingerprint density at radius 2 is 2.07 bits per heavy atom. The molecule has 8 nitrogen and oxygen atoms in total. The number of amides is 1. The molecule has 0 fully saturated rings. The number of benzene rings is 1. The van der Waals surface area contributed by atoms with Gasteiger partial charge in [0.25, 0.3) is 5.78 Å². The molecule has 0 aliphatic rings. The van der Waals surface area contributed by atoms with Gasteiger partial charge in [0.1, 0.15) is 0 Å². The van der Waals surface area contributed by atoms with E-state index < -0.39 is 0 Å².